The molecule has 4 saturated carbocycles. The number of Topliss-reactive ketones (excluding diaryl/α,β-unsaturated/α-hetero) is 1. The number of fused-ring (bicyclic) bond motifs is 2. The second-order valence-electron chi connectivity index (χ2n) is 11.7. The predicted octanol–water partition coefficient (Wildman–Crippen LogP) is 5.20. The molecule has 0 aromatic rings. The highest BCUT2D eigenvalue weighted by molar-refractivity contribution is 5.85. The maximum atomic E-state index is 13.7. The number of amides is 1. The van der Waals surface area contributed by atoms with Crippen LogP contribution in [0.1, 0.15) is 85.0 Å². The fourth-order valence-electron chi connectivity index (χ4n) is 7.89. The van der Waals surface area contributed by atoms with Gasteiger partial charge in [0.05, 0.1) is 0 Å². The molecule has 0 radical (unpaired) electrons. The number of piperidine rings is 2. The number of hydrogen-bond donors (Lipinski definition) is 0. The molecule has 0 spiro atoms. The van der Waals surface area contributed by atoms with Gasteiger partial charge in [0.2, 0.25) is 0 Å². The van der Waals surface area contributed by atoms with E-state index in [1.54, 1.807) is 0 Å². The molecule has 4 heteroatoms. The summed E-state index contributed by atoms with van der Waals surface area (Å²) in [6.07, 6.45) is 11.5. The largest absolute Gasteiger partial charge is 0.444 e. The SMILES string of the molecule is CC(C)(C)OC(=O)N1C2CCCC1CC(C(=O)C1C3CC4CC(C3)CC1C4)C2. The van der Waals surface area contributed by atoms with Crippen LogP contribution in [0.25, 0.3) is 0 Å². The molecule has 4 nitrogen and oxygen atoms in total. The van der Waals surface area contributed by atoms with E-state index in [-0.39, 0.29) is 24.1 Å². The summed E-state index contributed by atoms with van der Waals surface area (Å²) in [5.41, 5.74) is -0.460. The normalized spacial score (nSPS) is 44.5. The zero-order chi connectivity index (χ0) is 19.6. The Hall–Kier alpha value is -1.06. The Morgan fingerprint density at radius 3 is 1.86 bits per heavy atom. The molecular formula is C24H37NO3. The predicted molar refractivity (Wildman–Crippen MR) is 108 cm³/mol. The molecule has 6 aliphatic rings. The van der Waals surface area contributed by atoms with Gasteiger partial charge in [-0.25, -0.2) is 4.79 Å². The molecular weight excluding hydrogens is 350 g/mol. The number of ketones is 1. The van der Waals surface area contributed by atoms with Gasteiger partial charge in [0.25, 0.3) is 0 Å². The summed E-state index contributed by atoms with van der Waals surface area (Å²) < 4.78 is 5.70. The molecule has 2 saturated heterocycles. The molecule has 156 valence electrons. The van der Waals surface area contributed by atoms with Gasteiger partial charge in [-0.05, 0) is 109 Å². The van der Waals surface area contributed by atoms with Crippen LogP contribution in [0, 0.1) is 35.5 Å². The van der Waals surface area contributed by atoms with Crippen LogP contribution in [-0.4, -0.2) is 34.5 Å². The average molecular weight is 388 g/mol. The standard InChI is InChI=1S/C24H37NO3/c1-24(2,3)28-23(27)25-19-5-4-6-20(25)13-18(12-19)22(26)21-16-8-14-7-15(10-16)11-17(21)9-14/h14-21H,4-13H2,1-3H3. The van der Waals surface area contributed by atoms with Crippen LogP contribution in [-0.2, 0) is 9.53 Å². The highest BCUT2D eigenvalue weighted by Gasteiger charge is 2.53. The molecule has 2 unspecified atom stereocenters. The first kappa shape index (κ1) is 18.9. The van der Waals surface area contributed by atoms with Gasteiger partial charge < -0.3 is 9.64 Å². The highest BCUT2D eigenvalue weighted by atomic mass is 16.6. The van der Waals surface area contributed by atoms with E-state index in [0.717, 1.165) is 37.5 Å². The monoisotopic (exact) mass is 387 g/mol. The van der Waals surface area contributed by atoms with Crippen LogP contribution in [0.15, 0.2) is 0 Å². The average Bonchev–Trinajstić information content (AvgIpc) is 2.58. The second kappa shape index (κ2) is 6.74. The van der Waals surface area contributed by atoms with Crippen molar-refractivity contribution in [2.75, 3.05) is 0 Å². The minimum Gasteiger partial charge on any atom is -0.444 e. The van der Waals surface area contributed by atoms with Crippen molar-refractivity contribution in [1.82, 2.24) is 4.90 Å². The van der Waals surface area contributed by atoms with Gasteiger partial charge in [0.1, 0.15) is 11.4 Å². The summed E-state index contributed by atoms with van der Waals surface area (Å²) in [6.45, 7) is 5.80. The zero-order valence-corrected chi connectivity index (χ0v) is 17.9. The third-order valence-corrected chi connectivity index (χ3v) is 8.54. The number of carbonyl (C=O) groups is 2. The number of rotatable bonds is 2. The van der Waals surface area contributed by atoms with Gasteiger partial charge in [-0.2, -0.15) is 0 Å². The fraction of sp³-hybridized carbons (Fsp3) is 0.917. The lowest BCUT2D eigenvalue weighted by Crippen LogP contribution is -2.58. The number of ether oxygens (including phenoxy) is 1. The van der Waals surface area contributed by atoms with Crippen molar-refractivity contribution in [2.45, 2.75) is 103 Å². The van der Waals surface area contributed by atoms with Gasteiger partial charge >= 0.3 is 6.09 Å². The molecule has 0 aromatic heterocycles. The second-order valence-corrected chi connectivity index (χ2v) is 11.7. The van der Waals surface area contributed by atoms with E-state index in [2.05, 4.69) is 0 Å². The Morgan fingerprint density at radius 1 is 0.821 bits per heavy atom. The molecule has 1 amide bonds. The molecule has 0 aromatic carbocycles. The number of nitrogens with zero attached hydrogens (tertiary/aromatic N) is 1. The Morgan fingerprint density at radius 2 is 1.36 bits per heavy atom. The molecule has 2 aliphatic heterocycles. The first-order valence-electron chi connectivity index (χ1n) is 11.8. The maximum Gasteiger partial charge on any atom is 0.410 e. The van der Waals surface area contributed by atoms with E-state index >= 15 is 0 Å². The van der Waals surface area contributed by atoms with Crippen LogP contribution in [0.5, 0.6) is 0 Å². The lowest BCUT2D eigenvalue weighted by Gasteiger charge is -2.55. The lowest BCUT2D eigenvalue weighted by atomic mass is 9.50. The molecule has 6 bridgehead atoms. The number of carbonyl (C=O) groups excluding carboxylic acids is 2. The van der Waals surface area contributed by atoms with Crippen molar-refractivity contribution < 1.29 is 14.3 Å². The Kier molecular flexibility index (Phi) is 4.56. The summed E-state index contributed by atoms with van der Waals surface area (Å²) in [6, 6.07) is 0.404. The molecule has 28 heavy (non-hydrogen) atoms. The first-order chi connectivity index (χ1) is 13.3. The topological polar surface area (TPSA) is 46.6 Å². The minimum absolute atomic E-state index is 0.164. The van der Waals surface area contributed by atoms with Crippen LogP contribution < -0.4 is 0 Å². The van der Waals surface area contributed by atoms with E-state index < -0.39 is 5.60 Å². The van der Waals surface area contributed by atoms with Crippen molar-refractivity contribution in [3.63, 3.8) is 0 Å². The Labute approximate surface area is 169 Å². The van der Waals surface area contributed by atoms with E-state index in [1.807, 2.05) is 25.7 Å². The smallest absolute Gasteiger partial charge is 0.410 e. The minimum atomic E-state index is -0.460. The van der Waals surface area contributed by atoms with Crippen molar-refractivity contribution in [3.05, 3.63) is 0 Å². The summed E-state index contributed by atoms with van der Waals surface area (Å²) >= 11 is 0. The molecule has 6 rings (SSSR count). The molecule has 0 N–H and O–H groups in total. The van der Waals surface area contributed by atoms with Crippen LogP contribution in [0.2, 0.25) is 0 Å². The lowest BCUT2D eigenvalue weighted by molar-refractivity contribution is -0.144. The van der Waals surface area contributed by atoms with Crippen molar-refractivity contribution in [1.29, 1.82) is 0 Å². The molecule has 6 fully saturated rings. The zero-order valence-electron chi connectivity index (χ0n) is 17.9. The first-order valence-corrected chi connectivity index (χ1v) is 11.8. The summed E-state index contributed by atoms with van der Waals surface area (Å²) in [5, 5.41) is 0. The molecule has 2 heterocycles. The highest BCUT2D eigenvalue weighted by Crippen LogP contribution is 2.57. The van der Waals surface area contributed by atoms with E-state index in [9.17, 15) is 9.59 Å². The third-order valence-electron chi connectivity index (χ3n) is 8.54. The van der Waals surface area contributed by atoms with Crippen molar-refractivity contribution >= 4 is 11.9 Å². The van der Waals surface area contributed by atoms with Crippen LogP contribution >= 0.6 is 0 Å². The van der Waals surface area contributed by atoms with E-state index in [4.69, 9.17) is 4.74 Å². The Bertz CT molecular complexity index is 609. The van der Waals surface area contributed by atoms with Crippen molar-refractivity contribution in [2.24, 2.45) is 35.5 Å². The van der Waals surface area contributed by atoms with Gasteiger partial charge in [-0.3, -0.25) is 4.79 Å². The quantitative estimate of drug-likeness (QED) is 0.654. The van der Waals surface area contributed by atoms with Crippen LogP contribution in [0.4, 0.5) is 4.79 Å². The van der Waals surface area contributed by atoms with Gasteiger partial charge in [-0.15, -0.1) is 0 Å². The molecule has 2 atom stereocenters. The fourth-order valence-corrected chi connectivity index (χ4v) is 7.89. The van der Waals surface area contributed by atoms with Gasteiger partial charge in [-0.1, -0.05) is 0 Å². The summed E-state index contributed by atoms with van der Waals surface area (Å²) in [4.78, 5) is 28.5. The van der Waals surface area contributed by atoms with Gasteiger partial charge in [0.15, 0.2) is 0 Å². The maximum absolute atomic E-state index is 13.7. The van der Waals surface area contributed by atoms with E-state index in [1.165, 1.54) is 38.5 Å². The third kappa shape index (κ3) is 3.29. The Balaban J connectivity index is 1.30. The van der Waals surface area contributed by atoms with Crippen molar-refractivity contribution in [3.8, 4) is 0 Å². The summed E-state index contributed by atoms with van der Waals surface area (Å²) in [5.74, 6) is 4.28. The number of hydrogen-bond acceptors (Lipinski definition) is 3. The van der Waals surface area contributed by atoms with Gasteiger partial charge in [0, 0.05) is 23.9 Å². The van der Waals surface area contributed by atoms with E-state index in [0.29, 0.717) is 23.5 Å². The summed E-state index contributed by atoms with van der Waals surface area (Å²) in [7, 11) is 0. The molecule has 4 aliphatic carbocycles. The van der Waals surface area contributed by atoms with Crippen LogP contribution in [0.3, 0.4) is 0 Å².